The Labute approximate surface area is 118 Å². The Balaban J connectivity index is 2.41. The van der Waals surface area contributed by atoms with Crippen LogP contribution in [0.15, 0.2) is 18.2 Å². The minimum absolute atomic E-state index is 0.0778. The number of carbonyl (C=O) groups excluding carboxylic acids is 2. The topological polar surface area (TPSA) is 102 Å². The number of benzene rings is 1. The van der Waals surface area contributed by atoms with Crippen molar-refractivity contribution < 1.29 is 19.4 Å². The summed E-state index contributed by atoms with van der Waals surface area (Å²) in [4.78, 5) is 22.1. The molecule has 0 bridgehead atoms. The van der Waals surface area contributed by atoms with Gasteiger partial charge in [-0.2, -0.15) is 0 Å². The van der Waals surface area contributed by atoms with Gasteiger partial charge in [0, 0.05) is 10.1 Å². The predicted octanol–water partition coefficient (Wildman–Crippen LogP) is 0.228. The highest BCUT2D eigenvalue weighted by molar-refractivity contribution is 14.1. The summed E-state index contributed by atoms with van der Waals surface area (Å²) in [5.74, 6) is -1.03. The first-order valence-corrected chi connectivity index (χ1v) is 6.21. The van der Waals surface area contributed by atoms with Gasteiger partial charge in [-0.1, -0.05) is 0 Å². The molecule has 6 nitrogen and oxygen atoms in total. The zero-order valence-corrected chi connectivity index (χ0v) is 11.6. The number of phenols is 1. The number of nitrogens with one attached hydrogen (secondary N) is 1. The molecule has 0 aliphatic heterocycles. The van der Waals surface area contributed by atoms with Gasteiger partial charge in [-0.15, -0.1) is 0 Å². The number of halogens is 1. The number of nitrogens with two attached hydrogens (primary N) is 1. The normalized spacial score (nSPS) is 10.1. The number of aromatic hydroxyl groups is 1. The maximum absolute atomic E-state index is 11.7. The van der Waals surface area contributed by atoms with E-state index in [9.17, 15) is 14.7 Å². The van der Waals surface area contributed by atoms with Crippen molar-refractivity contribution in [3.8, 4) is 5.75 Å². The Hall–Kier alpha value is -1.35. The molecule has 0 spiro atoms. The molecule has 7 heteroatoms. The molecule has 0 atom stereocenters. The van der Waals surface area contributed by atoms with E-state index in [0.29, 0.717) is 0 Å². The highest BCUT2D eigenvalue weighted by Crippen LogP contribution is 2.19. The number of phenolic OH excluding ortho intramolecular Hbond substituents is 1. The number of ether oxygens (including phenoxy) is 1. The second-order valence-corrected chi connectivity index (χ2v) is 4.68. The van der Waals surface area contributed by atoms with E-state index in [0.717, 1.165) is 3.57 Å². The van der Waals surface area contributed by atoms with Gasteiger partial charge >= 0.3 is 0 Å². The van der Waals surface area contributed by atoms with Crippen molar-refractivity contribution in [3.63, 3.8) is 0 Å². The Morgan fingerprint density at radius 3 is 2.83 bits per heavy atom. The van der Waals surface area contributed by atoms with Gasteiger partial charge in [-0.25, -0.2) is 0 Å². The first-order valence-electron chi connectivity index (χ1n) is 5.13. The largest absolute Gasteiger partial charge is 0.507 e. The van der Waals surface area contributed by atoms with Crippen LogP contribution < -0.4 is 11.1 Å². The smallest absolute Gasteiger partial charge is 0.255 e. The molecular formula is C11H13IN2O4. The molecule has 1 aromatic rings. The lowest BCUT2D eigenvalue weighted by atomic mass is 10.2. The van der Waals surface area contributed by atoms with Gasteiger partial charge in [0.25, 0.3) is 5.91 Å². The van der Waals surface area contributed by atoms with Crippen LogP contribution in [0.2, 0.25) is 0 Å². The molecule has 0 unspecified atom stereocenters. The number of hydrogen-bond acceptors (Lipinski definition) is 4. The molecule has 18 heavy (non-hydrogen) atoms. The van der Waals surface area contributed by atoms with Gasteiger partial charge in [-0.05, 0) is 40.8 Å². The van der Waals surface area contributed by atoms with E-state index in [1.165, 1.54) is 6.07 Å². The molecule has 0 heterocycles. The van der Waals surface area contributed by atoms with Crippen molar-refractivity contribution in [1.82, 2.24) is 5.32 Å². The SMILES string of the molecule is NC(=O)COCCNC(=O)c1cc(I)ccc1O. The van der Waals surface area contributed by atoms with Gasteiger partial charge in [0.05, 0.1) is 12.2 Å². The average Bonchev–Trinajstić information content (AvgIpc) is 2.31. The Morgan fingerprint density at radius 1 is 1.44 bits per heavy atom. The number of hydrogen-bond donors (Lipinski definition) is 3. The van der Waals surface area contributed by atoms with Crippen molar-refractivity contribution >= 4 is 34.4 Å². The summed E-state index contributed by atoms with van der Waals surface area (Å²) in [6, 6.07) is 4.73. The zero-order valence-electron chi connectivity index (χ0n) is 9.48. The summed E-state index contributed by atoms with van der Waals surface area (Å²) < 4.78 is 5.73. The van der Waals surface area contributed by atoms with E-state index in [-0.39, 0.29) is 31.1 Å². The lowest BCUT2D eigenvalue weighted by molar-refractivity contribution is -0.122. The lowest BCUT2D eigenvalue weighted by Crippen LogP contribution is -2.28. The van der Waals surface area contributed by atoms with Crippen molar-refractivity contribution in [2.75, 3.05) is 19.8 Å². The number of rotatable bonds is 6. The van der Waals surface area contributed by atoms with E-state index in [2.05, 4.69) is 5.32 Å². The standard InChI is InChI=1S/C11H13IN2O4/c12-7-1-2-9(15)8(5-7)11(17)14-3-4-18-6-10(13)16/h1-2,5,15H,3-4,6H2,(H2,13,16)(H,14,17). The number of carbonyl (C=O) groups is 2. The maximum atomic E-state index is 11.7. The fourth-order valence-corrected chi connectivity index (χ4v) is 1.69. The molecule has 0 radical (unpaired) electrons. The van der Waals surface area contributed by atoms with Gasteiger partial charge in [-0.3, -0.25) is 9.59 Å². The van der Waals surface area contributed by atoms with Gasteiger partial charge in [0.2, 0.25) is 5.91 Å². The van der Waals surface area contributed by atoms with Crippen LogP contribution in [0.4, 0.5) is 0 Å². The van der Waals surface area contributed by atoms with E-state index in [1.54, 1.807) is 12.1 Å². The van der Waals surface area contributed by atoms with Crippen LogP contribution in [0.5, 0.6) is 5.75 Å². The van der Waals surface area contributed by atoms with Crippen LogP contribution in [-0.4, -0.2) is 36.7 Å². The summed E-state index contributed by atoms with van der Waals surface area (Å²) in [7, 11) is 0. The summed E-state index contributed by atoms with van der Waals surface area (Å²) >= 11 is 2.05. The van der Waals surface area contributed by atoms with Gasteiger partial charge < -0.3 is 20.9 Å². The summed E-state index contributed by atoms with van der Waals surface area (Å²) in [5, 5.41) is 12.1. The second-order valence-electron chi connectivity index (χ2n) is 3.44. The van der Waals surface area contributed by atoms with Crippen LogP contribution in [0.25, 0.3) is 0 Å². The molecule has 0 aliphatic carbocycles. The number of amides is 2. The molecule has 2 amide bonds. The molecule has 0 saturated carbocycles. The van der Waals surface area contributed by atoms with E-state index in [1.807, 2.05) is 22.6 Å². The number of primary amides is 1. The minimum atomic E-state index is -0.559. The average molecular weight is 364 g/mol. The third-order valence-electron chi connectivity index (χ3n) is 1.98. The molecule has 0 aromatic heterocycles. The van der Waals surface area contributed by atoms with Crippen LogP contribution in [0, 0.1) is 3.57 Å². The quantitative estimate of drug-likeness (QED) is 0.497. The fourth-order valence-electron chi connectivity index (χ4n) is 1.19. The Morgan fingerprint density at radius 2 is 2.17 bits per heavy atom. The third-order valence-corrected chi connectivity index (χ3v) is 2.65. The highest BCUT2D eigenvalue weighted by Gasteiger charge is 2.10. The second kappa shape index (κ2) is 7.17. The van der Waals surface area contributed by atoms with Gasteiger partial charge in [0.1, 0.15) is 12.4 Å². The molecular weight excluding hydrogens is 351 g/mol. The summed E-state index contributed by atoms with van der Waals surface area (Å²) in [6.45, 7) is 0.237. The van der Waals surface area contributed by atoms with Gasteiger partial charge in [0.15, 0.2) is 0 Å². The van der Waals surface area contributed by atoms with Crippen LogP contribution in [-0.2, 0) is 9.53 Å². The zero-order chi connectivity index (χ0) is 13.5. The van der Waals surface area contributed by atoms with Crippen LogP contribution >= 0.6 is 22.6 Å². The lowest BCUT2D eigenvalue weighted by Gasteiger charge is -2.07. The third kappa shape index (κ3) is 4.88. The van der Waals surface area contributed by atoms with Crippen LogP contribution in [0.3, 0.4) is 0 Å². The minimum Gasteiger partial charge on any atom is -0.507 e. The molecule has 0 aliphatic rings. The molecule has 1 aromatic carbocycles. The molecule has 4 N–H and O–H groups in total. The van der Waals surface area contributed by atoms with E-state index in [4.69, 9.17) is 10.5 Å². The first kappa shape index (κ1) is 14.7. The van der Waals surface area contributed by atoms with E-state index >= 15 is 0 Å². The summed E-state index contributed by atoms with van der Waals surface area (Å²) in [6.07, 6.45) is 0. The highest BCUT2D eigenvalue weighted by atomic mass is 127. The molecule has 0 saturated heterocycles. The van der Waals surface area contributed by atoms with Crippen molar-refractivity contribution in [3.05, 3.63) is 27.3 Å². The Bertz CT molecular complexity index is 451. The van der Waals surface area contributed by atoms with Crippen LogP contribution in [0.1, 0.15) is 10.4 Å². The molecule has 1 rings (SSSR count). The predicted molar refractivity (Wildman–Crippen MR) is 73.2 cm³/mol. The van der Waals surface area contributed by atoms with Crippen molar-refractivity contribution in [2.45, 2.75) is 0 Å². The van der Waals surface area contributed by atoms with Crippen molar-refractivity contribution in [2.24, 2.45) is 5.73 Å². The fraction of sp³-hybridized carbons (Fsp3) is 0.273. The summed E-state index contributed by atoms with van der Waals surface area (Å²) in [5.41, 5.74) is 5.08. The van der Waals surface area contributed by atoms with E-state index < -0.39 is 11.8 Å². The first-order chi connectivity index (χ1) is 8.50. The molecule has 0 fully saturated rings. The monoisotopic (exact) mass is 364 g/mol. The maximum Gasteiger partial charge on any atom is 0.255 e. The molecule has 98 valence electrons. The van der Waals surface area contributed by atoms with Crippen molar-refractivity contribution in [1.29, 1.82) is 0 Å². The Kier molecular flexibility index (Phi) is 5.86.